The number of benzene rings is 2. The fraction of sp³-hybridized carbons (Fsp3) is 0.167. The molecule has 0 aliphatic carbocycles. The number of hydrogen-bond donors (Lipinski definition) is 1. The number of hydrogen-bond acceptors (Lipinski definition) is 3. The number of halogens is 1. The van der Waals surface area contributed by atoms with Gasteiger partial charge in [-0.25, -0.2) is 0 Å². The lowest BCUT2D eigenvalue weighted by molar-refractivity contribution is 0.574. The second-order valence-electron chi connectivity index (χ2n) is 7.08. The number of nitrogens with one attached hydrogen (secondary N) is 1. The highest BCUT2D eigenvalue weighted by molar-refractivity contribution is 6.30. The summed E-state index contributed by atoms with van der Waals surface area (Å²) in [5.41, 5.74) is 5.56. The third-order valence-electron chi connectivity index (χ3n) is 4.93. The van der Waals surface area contributed by atoms with E-state index in [2.05, 4.69) is 59.8 Å². The third kappa shape index (κ3) is 4.91. The van der Waals surface area contributed by atoms with E-state index < -0.39 is 0 Å². The van der Waals surface area contributed by atoms with Crippen LogP contribution in [0.5, 0.6) is 0 Å². The van der Waals surface area contributed by atoms with Crippen molar-refractivity contribution < 1.29 is 0 Å². The molecule has 2 heterocycles. The van der Waals surface area contributed by atoms with Crippen LogP contribution < -0.4 is 5.32 Å². The fourth-order valence-electron chi connectivity index (χ4n) is 3.32. The van der Waals surface area contributed by atoms with E-state index in [4.69, 9.17) is 16.7 Å². The Morgan fingerprint density at radius 1 is 1.00 bits per heavy atom. The highest BCUT2D eigenvalue weighted by Crippen LogP contribution is 2.23. The molecule has 4 rings (SSSR count). The van der Waals surface area contributed by atoms with Crippen molar-refractivity contribution in [2.24, 2.45) is 0 Å². The minimum absolute atomic E-state index is 0.200. The largest absolute Gasteiger partial charge is 0.306 e. The summed E-state index contributed by atoms with van der Waals surface area (Å²) >= 11 is 6.01. The van der Waals surface area contributed by atoms with Crippen molar-refractivity contribution in [2.45, 2.75) is 26.1 Å². The topological polar surface area (TPSA) is 42.7 Å². The van der Waals surface area contributed by atoms with Gasteiger partial charge >= 0.3 is 0 Å². The molecule has 2 aromatic heterocycles. The molecule has 0 bridgehead atoms. The average Bonchev–Trinajstić information content (AvgIpc) is 3.16. The first kappa shape index (κ1) is 19.4. The van der Waals surface area contributed by atoms with Crippen molar-refractivity contribution >= 4 is 11.6 Å². The van der Waals surface area contributed by atoms with Gasteiger partial charge in [-0.3, -0.25) is 9.67 Å². The quantitative estimate of drug-likeness (QED) is 0.444. The molecule has 29 heavy (non-hydrogen) atoms. The second kappa shape index (κ2) is 9.03. The van der Waals surface area contributed by atoms with E-state index in [0.29, 0.717) is 6.54 Å². The van der Waals surface area contributed by atoms with E-state index >= 15 is 0 Å². The van der Waals surface area contributed by atoms with Gasteiger partial charge in [-0.1, -0.05) is 54.1 Å². The molecular weight excluding hydrogens is 380 g/mol. The van der Waals surface area contributed by atoms with E-state index in [1.165, 1.54) is 11.1 Å². The van der Waals surface area contributed by atoms with Crippen LogP contribution in [0.15, 0.2) is 85.3 Å². The van der Waals surface area contributed by atoms with Crippen LogP contribution in [0.2, 0.25) is 5.02 Å². The molecule has 5 heteroatoms. The minimum atomic E-state index is 0.200. The third-order valence-corrected chi connectivity index (χ3v) is 5.18. The van der Waals surface area contributed by atoms with Crippen LogP contribution in [0.4, 0.5) is 0 Å². The summed E-state index contributed by atoms with van der Waals surface area (Å²) in [6.45, 7) is 3.60. The molecule has 0 saturated heterocycles. The van der Waals surface area contributed by atoms with Crippen LogP contribution >= 0.6 is 11.6 Å². The molecule has 146 valence electrons. The highest BCUT2D eigenvalue weighted by Gasteiger charge is 2.13. The molecule has 0 spiro atoms. The Morgan fingerprint density at radius 3 is 2.52 bits per heavy atom. The Hall–Kier alpha value is -2.95. The lowest BCUT2D eigenvalue weighted by atomic mass is 10.1. The van der Waals surface area contributed by atoms with Gasteiger partial charge in [0, 0.05) is 47.3 Å². The summed E-state index contributed by atoms with van der Waals surface area (Å²) in [5.74, 6) is 0. The van der Waals surface area contributed by atoms with E-state index in [9.17, 15) is 0 Å². The molecule has 0 aliphatic heterocycles. The standard InChI is InChI=1S/C24H23ClN4/c1-18(20-9-11-23(25)12-10-20)27-15-22-17-29(16-19-6-3-2-4-7-19)28-24(22)21-8-5-13-26-14-21/h2-14,17-18,27H,15-16H2,1H3. The Morgan fingerprint density at radius 2 is 1.79 bits per heavy atom. The van der Waals surface area contributed by atoms with Gasteiger partial charge in [0.25, 0.3) is 0 Å². The maximum Gasteiger partial charge on any atom is 0.0983 e. The molecule has 0 amide bonds. The van der Waals surface area contributed by atoms with Gasteiger partial charge in [-0.15, -0.1) is 0 Å². The first-order valence-electron chi connectivity index (χ1n) is 9.68. The van der Waals surface area contributed by atoms with E-state index in [0.717, 1.165) is 28.4 Å². The highest BCUT2D eigenvalue weighted by atomic mass is 35.5. The van der Waals surface area contributed by atoms with Crippen LogP contribution in [0, 0.1) is 0 Å². The zero-order valence-electron chi connectivity index (χ0n) is 16.3. The molecule has 4 nitrogen and oxygen atoms in total. The van der Waals surface area contributed by atoms with Crippen LogP contribution in [0.3, 0.4) is 0 Å². The number of nitrogens with zero attached hydrogens (tertiary/aromatic N) is 3. The summed E-state index contributed by atoms with van der Waals surface area (Å²) < 4.78 is 2.00. The first-order chi connectivity index (χ1) is 14.2. The molecule has 1 N–H and O–H groups in total. The maximum absolute atomic E-state index is 6.01. The van der Waals surface area contributed by atoms with E-state index in [1.54, 1.807) is 6.20 Å². The van der Waals surface area contributed by atoms with Gasteiger partial charge in [-0.2, -0.15) is 5.10 Å². The minimum Gasteiger partial charge on any atom is -0.306 e. The number of pyridine rings is 1. The first-order valence-corrected chi connectivity index (χ1v) is 10.1. The van der Waals surface area contributed by atoms with E-state index in [1.807, 2.05) is 41.2 Å². The smallest absolute Gasteiger partial charge is 0.0983 e. The van der Waals surface area contributed by atoms with Crippen molar-refractivity contribution in [1.29, 1.82) is 0 Å². The fourth-order valence-corrected chi connectivity index (χ4v) is 3.45. The summed E-state index contributed by atoms with van der Waals surface area (Å²) in [6.07, 6.45) is 5.77. The second-order valence-corrected chi connectivity index (χ2v) is 7.52. The molecular formula is C24H23ClN4. The molecule has 4 aromatic rings. The number of rotatable bonds is 7. The zero-order valence-corrected chi connectivity index (χ0v) is 17.1. The molecule has 1 atom stereocenters. The van der Waals surface area contributed by atoms with Crippen molar-refractivity contribution in [3.63, 3.8) is 0 Å². The van der Waals surface area contributed by atoms with Gasteiger partial charge in [0.2, 0.25) is 0 Å². The Balaban J connectivity index is 1.56. The Labute approximate surface area is 176 Å². The zero-order chi connectivity index (χ0) is 20.1. The van der Waals surface area contributed by atoms with Gasteiger partial charge in [0.15, 0.2) is 0 Å². The Bertz CT molecular complexity index is 1040. The Kier molecular flexibility index (Phi) is 6.03. The predicted molar refractivity (Wildman–Crippen MR) is 118 cm³/mol. The summed E-state index contributed by atoms with van der Waals surface area (Å²) in [5, 5.41) is 9.21. The molecule has 1 unspecified atom stereocenters. The van der Waals surface area contributed by atoms with Gasteiger partial charge in [-0.05, 0) is 42.3 Å². The van der Waals surface area contributed by atoms with Crippen molar-refractivity contribution in [1.82, 2.24) is 20.1 Å². The van der Waals surface area contributed by atoms with Crippen LogP contribution in [0.1, 0.15) is 29.7 Å². The molecule has 0 saturated carbocycles. The lowest BCUT2D eigenvalue weighted by Gasteiger charge is -2.14. The van der Waals surface area contributed by atoms with Crippen LogP contribution in [-0.2, 0) is 13.1 Å². The molecule has 0 aliphatic rings. The SMILES string of the molecule is CC(NCc1cn(Cc2ccccc2)nc1-c1cccnc1)c1ccc(Cl)cc1. The van der Waals surface area contributed by atoms with Crippen molar-refractivity contribution in [3.8, 4) is 11.3 Å². The summed E-state index contributed by atoms with van der Waals surface area (Å²) in [4.78, 5) is 4.26. The monoisotopic (exact) mass is 402 g/mol. The predicted octanol–water partition coefficient (Wildman–Crippen LogP) is 5.50. The van der Waals surface area contributed by atoms with E-state index in [-0.39, 0.29) is 6.04 Å². The van der Waals surface area contributed by atoms with Crippen LogP contribution in [0.25, 0.3) is 11.3 Å². The lowest BCUT2D eigenvalue weighted by Crippen LogP contribution is -2.18. The van der Waals surface area contributed by atoms with Gasteiger partial charge < -0.3 is 5.32 Å². The van der Waals surface area contributed by atoms with Gasteiger partial charge in [0.1, 0.15) is 0 Å². The summed E-state index contributed by atoms with van der Waals surface area (Å²) in [7, 11) is 0. The summed E-state index contributed by atoms with van der Waals surface area (Å²) in [6, 6.07) is 22.5. The molecule has 0 fully saturated rings. The van der Waals surface area contributed by atoms with Gasteiger partial charge in [0.05, 0.1) is 12.2 Å². The average molecular weight is 403 g/mol. The molecule has 0 radical (unpaired) electrons. The number of aromatic nitrogens is 3. The van der Waals surface area contributed by atoms with Crippen molar-refractivity contribution in [2.75, 3.05) is 0 Å². The normalized spacial score (nSPS) is 12.1. The maximum atomic E-state index is 6.01. The molecule has 2 aromatic carbocycles. The van der Waals surface area contributed by atoms with Crippen LogP contribution in [-0.4, -0.2) is 14.8 Å². The van der Waals surface area contributed by atoms with Crippen molar-refractivity contribution in [3.05, 3.63) is 107 Å².